The first-order valence-electron chi connectivity index (χ1n) is 12.0. The van der Waals surface area contributed by atoms with Crippen LogP contribution in [0.25, 0.3) is 10.9 Å². The number of benzene rings is 3. The van der Waals surface area contributed by atoms with Crippen molar-refractivity contribution in [3.63, 3.8) is 0 Å². The average Bonchev–Trinajstić information content (AvgIpc) is 3.41. The van der Waals surface area contributed by atoms with E-state index in [0.29, 0.717) is 56.9 Å². The third-order valence-electron chi connectivity index (χ3n) is 6.12. The van der Waals surface area contributed by atoms with Gasteiger partial charge < -0.3 is 10.1 Å². The third kappa shape index (κ3) is 6.41. The minimum atomic E-state index is -0.325. The molecule has 1 saturated heterocycles. The number of pyridine rings is 1. The summed E-state index contributed by atoms with van der Waals surface area (Å²) in [7, 11) is 3.63. The number of nitrogens with zero attached hydrogens (tertiary/aromatic N) is 2. The molecule has 2 heterocycles. The molecule has 1 atom stereocenters. The van der Waals surface area contributed by atoms with Crippen LogP contribution in [0.3, 0.4) is 0 Å². The maximum Gasteiger partial charge on any atom is 0.138 e. The van der Waals surface area contributed by atoms with Crippen molar-refractivity contribution in [2.24, 2.45) is 0 Å². The molecule has 1 unspecified atom stereocenters. The van der Waals surface area contributed by atoms with E-state index in [1.807, 2.05) is 29.0 Å². The van der Waals surface area contributed by atoms with Crippen LogP contribution in [0, 0.1) is 17.1 Å². The molecule has 1 aliphatic heterocycles. The zero-order chi connectivity index (χ0) is 26.5. The van der Waals surface area contributed by atoms with Gasteiger partial charge >= 0.3 is 0 Å². The van der Waals surface area contributed by atoms with Crippen LogP contribution in [-0.2, 0) is 17.8 Å². The second-order valence-electron chi connectivity index (χ2n) is 8.95. The van der Waals surface area contributed by atoms with E-state index in [1.165, 1.54) is 18.3 Å². The van der Waals surface area contributed by atoms with Crippen LogP contribution in [0.4, 0.5) is 15.8 Å². The number of ketones is 1. The Bertz CT molecular complexity index is 1540. The number of carbonyl (C=O) groups is 1. The molecule has 1 N–H and O–H groups in total. The lowest BCUT2D eigenvalue weighted by atomic mass is 10.0. The van der Waals surface area contributed by atoms with Crippen molar-refractivity contribution in [1.82, 2.24) is 4.98 Å². The number of nitrogens with one attached hydrogen (secondary N) is 1. The zero-order valence-electron chi connectivity index (χ0n) is 20.2. The number of hydrogen-bond acceptors (Lipinski definition) is 7. The van der Waals surface area contributed by atoms with Crippen molar-refractivity contribution < 1.29 is 13.9 Å². The van der Waals surface area contributed by atoms with Crippen molar-refractivity contribution in [3.8, 4) is 11.8 Å². The first-order valence-corrected chi connectivity index (χ1v) is 14.8. The summed E-state index contributed by atoms with van der Waals surface area (Å²) in [5.74, 6) is 1.44. The number of nitriles is 1. The van der Waals surface area contributed by atoms with Crippen LogP contribution < -0.4 is 10.1 Å². The molecular formula is C29H23ClFN3O2S2. The fourth-order valence-corrected chi connectivity index (χ4v) is 7.43. The number of carbonyl (C=O) groups excluding carboxylic acids is 1. The Hall–Kier alpha value is -3.25. The highest BCUT2D eigenvalue weighted by Crippen LogP contribution is 2.39. The maximum atomic E-state index is 13.4. The SMILES string of the molecule is N#Cc1cnc2ccc(CC(=O)CC3CCSS3)cc2c1Nc1ccc(OCc2cccc(F)c2)c(Cl)c1. The lowest BCUT2D eigenvalue weighted by Crippen LogP contribution is -2.10. The minimum Gasteiger partial charge on any atom is -0.487 e. The smallest absolute Gasteiger partial charge is 0.138 e. The molecule has 1 aliphatic rings. The summed E-state index contributed by atoms with van der Waals surface area (Å²) >= 11 is 6.48. The minimum absolute atomic E-state index is 0.178. The fourth-order valence-electron chi connectivity index (χ4n) is 4.26. The largest absolute Gasteiger partial charge is 0.487 e. The normalized spacial score (nSPS) is 14.8. The highest BCUT2D eigenvalue weighted by Gasteiger charge is 2.20. The van der Waals surface area contributed by atoms with E-state index in [-0.39, 0.29) is 18.2 Å². The van der Waals surface area contributed by atoms with Crippen LogP contribution in [-0.4, -0.2) is 21.8 Å². The van der Waals surface area contributed by atoms with E-state index in [1.54, 1.807) is 41.1 Å². The average molecular weight is 564 g/mol. The first-order chi connectivity index (χ1) is 18.5. The van der Waals surface area contributed by atoms with Crippen molar-refractivity contribution in [2.45, 2.75) is 31.1 Å². The van der Waals surface area contributed by atoms with Crippen LogP contribution in [0.1, 0.15) is 29.5 Å². The quantitative estimate of drug-likeness (QED) is 0.208. The van der Waals surface area contributed by atoms with E-state index in [4.69, 9.17) is 16.3 Å². The molecule has 0 spiro atoms. The molecule has 0 bridgehead atoms. The van der Waals surface area contributed by atoms with Gasteiger partial charge in [-0.2, -0.15) is 5.26 Å². The Morgan fingerprint density at radius 2 is 2.08 bits per heavy atom. The van der Waals surface area contributed by atoms with Gasteiger partial charge in [-0.05, 0) is 60.0 Å². The summed E-state index contributed by atoms with van der Waals surface area (Å²) < 4.78 is 19.2. The van der Waals surface area contributed by atoms with Crippen molar-refractivity contribution in [1.29, 1.82) is 5.26 Å². The van der Waals surface area contributed by atoms with Crippen LogP contribution in [0.5, 0.6) is 5.75 Å². The number of anilines is 2. The molecule has 0 amide bonds. The first kappa shape index (κ1) is 26.4. The molecule has 1 aromatic heterocycles. The Kier molecular flexibility index (Phi) is 8.38. The topological polar surface area (TPSA) is 75.0 Å². The fraction of sp³-hybridized carbons (Fsp3) is 0.207. The summed E-state index contributed by atoms with van der Waals surface area (Å²) in [5.41, 5.74) is 3.93. The second-order valence-corrected chi connectivity index (χ2v) is 12.1. The van der Waals surface area contributed by atoms with E-state index < -0.39 is 0 Å². The van der Waals surface area contributed by atoms with E-state index >= 15 is 0 Å². The predicted octanol–water partition coefficient (Wildman–Crippen LogP) is 7.88. The monoisotopic (exact) mass is 563 g/mol. The van der Waals surface area contributed by atoms with Crippen molar-refractivity contribution >= 4 is 61.2 Å². The highest BCUT2D eigenvalue weighted by atomic mass is 35.5. The van der Waals surface area contributed by atoms with E-state index in [0.717, 1.165) is 23.1 Å². The Morgan fingerprint density at radius 1 is 1.18 bits per heavy atom. The van der Waals surface area contributed by atoms with Gasteiger partial charge in [0.05, 0.1) is 21.8 Å². The lowest BCUT2D eigenvalue weighted by molar-refractivity contribution is -0.118. The zero-order valence-corrected chi connectivity index (χ0v) is 22.6. The molecule has 192 valence electrons. The number of hydrogen-bond donors (Lipinski definition) is 1. The van der Waals surface area contributed by atoms with Gasteiger partial charge in [0.15, 0.2) is 0 Å². The van der Waals surface area contributed by atoms with Crippen LogP contribution in [0.2, 0.25) is 5.02 Å². The number of fused-ring (bicyclic) bond motifs is 1. The number of Topliss-reactive ketones (excluding diaryl/α,β-unsaturated/α-hetero) is 1. The molecule has 3 aromatic carbocycles. The highest BCUT2D eigenvalue weighted by molar-refractivity contribution is 8.77. The molecular weight excluding hydrogens is 541 g/mol. The summed E-state index contributed by atoms with van der Waals surface area (Å²) in [6, 6.07) is 19.4. The van der Waals surface area contributed by atoms with E-state index in [9.17, 15) is 14.4 Å². The van der Waals surface area contributed by atoms with Gasteiger partial charge in [0, 0.05) is 41.1 Å². The van der Waals surface area contributed by atoms with Gasteiger partial charge in [0.25, 0.3) is 0 Å². The van der Waals surface area contributed by atoms with Crippen molar-refractivity contribution in [3.05, 3.63) is 94.4 Å². The summed E-state index contributed by atoms with van der Waals surface area (Å²) in [6.07, 6.45) is 3.52. The van der Waals surface area contributed by atoms with Gasteiger partial charge in [-0.1, -0.05) is 51.4 Å². The molecule has 4 aromatic rings. The van der Waals surface area contributed by atoms with Crippen molar-refractivity contribution in [2.75, 3.05) is 11.1 Å². The molecule has 1 fully saturated rings. The molecule has 0 saturated carbocycles. The Balaban J connectivity index is 1.36. The summed E-state index contributed by atoms with van der Waals surface area (Å²) in [6.45, 7) is 0.178. The van der Waals surface area contributed by atoms with Crippen LogP contribution >= 0.6 is 33.2 Å². The molecule has 5 rings (SSSR count). The van der Waals surface area contributed by atoms with Gasteiger partial charge in [0.1, 0.15) is 30.0 Å². The predicted molar refractivity (Wildman–Crippen MR) is 154 cm³/mol. The Labute approximate surface area is 233 Å². The summed E-state index contributed by atoms with van der Waals surface area (Å²) in [5, 5.41) is 14.6. The third-order valence-corrected chi connectivity index (χ3v) is 9.35. The summed E-state index contributed by atoms with van der Waals surface area (Å²) in [4.78, 5) is 17.1. The molecule has 5 nitrogen and oxygen atoms in total. The molecule has 9 heteroatoms. The molecule has 38 heavy (non-hydrogen) atoms. The number of rotatable bonds is 9. The standard InChI is InChI=1S/C29H23ClFN3O2S2/c30-26-13-22(5-7-28(26)36-17-19-2-1-3-21(31)10-19)34-29-20(15-32)16-33-27-6-4-18(12-25(27)29)11-23(35)14-24-8-9-37-38-24/h1-7,10,12-13,16,24H,8-9,11,14,17H2,(H,33,34). The molecule has 0 aliphatic carbocycles. The van der Waals surface area contributed by atoms with Gasteiger partial charge in [-0.15, -0.1) is 0 Å². The second kappa shape index (κ2) is 12.1. The van der Waals surface area contributed by atoms with Gasteiger partial charge in [-0.25, -0.2) is 4.39 Å². The lowest BCUT2D eigenvalue weighted by Gasteiger charge is -2.14. The van der Waals surface area contributed by atoms with E-state index in [2.05, 4.69) is 16.4 Å². The Morgan fingerprint density at radius 3 is 2.84 bits per heavy atom. The number of ether oxygens (including phenoxy) is 1. The molecule has 0 radical (unpaired) electrons. The number of halogens is 2. The number of aromatic nitrogens is 1. The van der Waals surface area contributed by atoms with Gasteiger partial charge in [-0.3, -0.25) is 9.78 Å². The maximum absolute atomic E-state index is 13.4. The van der Waals surface area contributed by atoms with Gasteiger partial charge in [0.2, 0.25) is 0 Å². The van der Waals surface area contributed by atoms with Crippen LogP contribution in [0.15, 0.2) is 66.9 Å².